The smallest absolute Gasteiger partial charge is 0.0616 e. The number of ether oxygens (including phenoxy) is 1. The summed E-state index contributed by atoms with van der Waals surface area (Å²) in [6.45, 7) is 57.3. The average Bonchev–Trinajstić information content (AvgIpc) is 1.63. The van der Waals surface area contributed by atoms with Crippen LogP contribution in [0.4, 0.5) is 0 Å². The van der Waals surface area contributed by atoms with Crippen LogP contribution in [0.1, 0.15) is 475 Å². The third-order valence-corrected chi connectivity index (χ3v) is 23.4. The Hall–Kier alpha value is -6.90. The maximum Gasteiger partial charge on any atom is 0.0616 e. The normalized spacial score (nSPS) is 16.7. The lowest BCUT2D eigenvalue weighted by Gasteiger charge is -2.54. The minimum Gasteiger partial charge on any atom is -0.375 e. The van der Waals surface area contributed by atoms with Crippen LogP contribution in [0.2, 0.25) is 0 Å². The predicted octanol–water partition coefficient (Wildman–Crippen LogP) is 33.1. The van der Waals surface area contributed by atoms with Crippen LogP contribution in [0.15, 0.2) is 11.6 Å². The van der Waals surface area contributed by atoms with Crippen LogP contribution >= 0.6 is 0 Å². The van der Waals surface area contributed by atoms with Crippen molar-refractivity contribution in [1.82, 2.24) is 0 Å². The second-order valence-electron chi connectivity index (χ2n) is 38.0. The molecule has 0 amide bonds. The molecule has 0 radical (unpaired) electrons. The number of unbranched alkanes of at least 4 members (excludes halogenated alkanes) is 25. The Balaban J connectivity index is -0.000000694. The zero-order valence-corrected chi connectivity index (χ0v) is 84.0. The van der Waals surface area contributed by atoms with Gasteiger partial charge in [-0.15, -0.1) is 6.42 Å². The molecule has 672 valence electrons. The summed E-state index contributed by atoms with van der Waals surface area (Å²) in [7, 11) is 0. The molecular weight excluding hydrogens is 1460 g/mol. The molecule has 0 N–H and O–H groups in total. The van der Waals surface area contributed by atoms with Crippen molar-refractivity contribution in [2.75, 3.05) is 0 Å². The highest BCUT2D eigenvalue weighted by atomic mass is 16.5. The molecule has 121 heavy (non-hydrogen) atoms. The van der Waals surface area contributed by atoms with E-state index in [1.807, 2.05) is 0 Å². The Morgan fingerprint density at radius 2 is 0.603 bits per heavy atom. The molecular formula is C120H186O. The Kier molecular flexibility index (Phi) is 90.4. The third-order valence-electron chi connectivity index (χ3n) is 23.4. The van der Waals surface area contributed by atoms with Crippen molar-refractivity contribution in [3.8, 4) is 178 Å². The van der Waals surface area contributed by atoms with Gasteiger partial charge < -0.3 is 4.74 Å². The van der Waals surface area contributed by atoms with Crippen molar-refractivity contribution in [3.05, 3.63) is 11.6 Å². The SMILES string of the molecule is C#CC#CC#CC#CC#CC#CC#CC#CC#CC#CC#CC#CC#CC#CC#CC.CC(C)CCC[C@@H](C)[C@H]1CC[C@H]2C3CC=C4C[C@@H](OC(C)C)CCC4[C@H]3CC[C@]12C.CCC(C)C.CCCCCCC(C)C.CCCCCCCC(C)C.CCCCCCCCC(C)C.CCCCCCCCCC(C)C.CCCCCCCCCCC(C)C. The highest BCUT2D eigenvalue weighted by molar-refractivity contribution is 5.48. The fourth-order valence-electron chi connectivity index (χ4n) is 16.3. The van der Waals surface area contributed by atoms with E-state index in [0.29, 0.717) is 17.6 Å². The van der Waals surface area contributed by atoms with E-state index in [4.69, 9.17) is 11.2 Å². The van der Waals surface area contributed by atoms with Gasteiger partial charge in [-0.25, -0.2) is 0 Å². The molecule has 0 aliphatic heterocycles. The van der Waals surface area contributed by atoms with Crippen LogP contribution in [-0.4, -0.2) is 12.2 Å². The minimum absolute atomic E-state index is 0.372. The molecule has 4 aliphatic carbocycles. The van der Waals surface area contributed by atoms with E-state index in [1.165, 1.54) is 302 Å². The summed E-state index contributed by atoms with van der Waals surface area (Å²) in [6, 6.07) is 0. The Morgan fingerprint density at radius 3 is 0.884 bits per heavy atom. The molecule has 3 fully saturated rings. The summed E-state index contributed by atoms with van der Waals surface area (Å²) in [6.07, 6.45) is 75.6. The molecule has 2 unspecified atom stereocenters. The summed E-state index contributed by atoms with van der Waals surface area (Å²) >= 11 is 0. The summed E-state index contributed by atoms with van der Waals surface area (Å²) < 4.78 is 6.21. The molecule has 8 atom stereocenters. The number of fused-ring (bicyclic) bond motifs is 5. The van der Waals surface area contributed by atoms with E-state index in [0.717, 1.165) is 76.9 Å². The monoisotopic (exact) mass is 1640 g/mol. The predicted molar refractivity (Wildman–Crippen MR) is 541 cm³/mol. The van der Waals surface area contributed by atoms with Gasteiger partial charge in [-0.3, -0.25) is 0 Å². The number of hydrogen-bond donors (Lipinski definition) is 0. The number of rotatable bonds is 43. The van der Waals surface area contributed by atoms with Gasteiger partial charge in [0.2, 0.25) is 0 Å². The molecule has 0 heterocycles. The maximum absolute atomic E-state index is 6.21. The molecule has 1 nitrogen and oxygen atoms in total. The van der Waals surface area contributed by atoms with Crippen molar-refractivity contribution >= 4 is 0 Å². The summed E-state index contributed by atoms with van der Waals surface area (Å²) in [5.41, 5.74) is 2.41. The summed E-state index contributed by atoms with van der Waals surface area (Å²) in [5, 5.41) is 0. The van der Waals surface area contributed by atoms with Gasteiger partial charge in [-0.2, -0.15) is 0 Å². The van der Waals surface area contributed by atoms with Crippen molar-refractivity contribution in [2.24, 2.45) is 82.3 Å². The van der Waals surface area contributed by atoms with Gasteiger partial charge in [0, 0.05) is 71.0 Å². The van der Waals surface area contributed by atoms with Crippen molar-refractivity contribution in [1.29, 1.82) is 0 Å². The van der Waals surface area contributed by atoms with E-state index in [9.17, 15) is 0 Å². The van der Waals surface area contributed by atoms with Crippen LogP contribution in [0.3, 0.4) is 0 Å². The molecule has 0 bridgehead atoms. The highest BCUT2D eigenvalue weighted by Crippen LogP contribution is 2.65. The quantitative estimate of drug-likeness (QED) is 0.0336. The molecule has 4 aliphatic rings. The minimum atomic E-state index is 0.372. The largest absolute Gasteiger partial charge is 0.375 e. The summed E-state index contributed by atoms with van der Waals surface area (Å²) in [5.74, 6) is 83.9. The average molecular weight is 1640 g/mol. The first-order valence-electron chi connectivity index (χ1n) is 50.0. The van der Waals surface area contributed by atoms with E-state index < -0.39 is 0 Å². The Bertz CT molecular complexity index is 3550. The van der Waals surface area contributed by atoms with Gasteiger partial charge >= 0.3 is 0 Å². The van der Waals surface area contributed by atoms with Crippen molar-refractivity contribution in [2.45, 2.75) is 487 Å². The van der Waals surface area contributed by atoms with Crippen LogP contribution in [0.25, 0.3) is 0 Å². The first kappa shape index (κ1) is 120. The Labute approximate surface area is 759 Å². The van der Waals surface area contributed by atoms with Crippen molar-refractivity contribution in [3.63, 3.8) is 0 Å². The lowest BCUT2D eigenvalue weighted by atomic mass is 9.51. The van der Waals surface area contributed by atoms with Gasteiger partial charge in [-0.1, -0.05) is 420 Å². The highest BCUT2D eigenvalue weighted by Gasteiger charge is 2.56. The van der Waals surface area contributed by atoms with Crippen molar-refractivity contribution < 1.29 is 4.74 Å². The van der Waals surface area contributed by atoms with E-state index in [1.54, 1.807) is 12.5 Å². The summed E-state index contributed by atoms with van der Waals surface area (Å²) in [4.78, 5) is 0. The van der Waals surface area contributed by atoms with Crippen LogP contribution in [-0.2, 0) is 4.74 Å². The van der Waals surface area contributed by atoms with E-state index >= 15 is 0 Å². The van der Waals surface area contributed by atoms with E-state index in [2.05, 4.69) is 344 Å². The van der Waals surface area contributed by atoms with Gasteiger partial charge in [-0.05, 0) is 249 Å². The number of terminal acetylenes is 1. The number of hydrogen-bond acceptors (Lipinski definition) is 1. The molecule has 0 saturated heterocycles. The standard InChI is InChI=1S/C31H4.C29H50O.C13H28.C12H26.C11H24.C10H22.C9H20.C5H12/c1-3-5-7-9-11-13-15-17-19-21-23-25-27-29-31-30-28-26-24-22-20-18-16-14-12-10-8-6-4-2;1-19(2)8-7-9-21(5)27-14-15-28-26-12-10-22-18-23(30-20(3)4)11-13-24(22)25(26)16-17-29(27,28)6;1-4-5-6-7-8-9-10-11-12-13(2)3;1-4-5-6-7-8-9-10-11-12(2)3;1-4-5-6-7-8-9-10-11(2)3;1-4-5-6-7-8-9-10(2)3;1-4-5-6-7-8-9(2)3;1-4-5(2)3/h1H,2H3;10,19-21,23-28H,7-9,11-18H2,1-6H3;13H,4-12H2,1-3H3;12H,4-11H2,1-3H3;11H,4-10H2,1-3H3;10H,4-9H2,1-3H3;9H,4-8H2,1-3H3;5H,4H2,1-3H3/t;21-,23+,24?,25-,26?,27-,28+,29-;;;;;;/m.1....../s1. The molecule has 0 aromatic carbocycles. The molecule has 1 heteroatoms. The van der Waals surface area contributed by atoms with Gasteiger partial charge in [0.15, 0.2) is 0 Å². The molecule has 3 saturated carbocycles. The first-order chi connectivity index (χ1) is 58.3. The van der Waals surface area contributed by atoms with Gasteiger partial charge in [0.1, 0.15) is 0 Å². The Morgan fingerprint density at radius 1 is 0.322 bits per heavy atom. The second kappa shape index (κ2) is 90.8. The third kappa shape index (κ3) is 82.5. The van der Waals surface area contributed by atoms with E-state index in [-0.39, 0.29) is 0 Å². The van der Waals surface area contributed by atoms with Gasteiger partial charge in [0.05, 0.1) is 12.2 Å². The first-order valence-corrected chi connectivity index (χ1v) is 50.0. The second-order valence-corrected chi connectivity index (χ2v) is 38.0. The maximum atomic E-state index is 6.21. The lowest BCUT2D eigenvalue weighted by molar-refractivity contribution is -0.0442. The van der Waals surface area contributed by atoms with Gasteiger partial charge in [0.25, 0.3) is 0 Å². The van der Waals surface area contributed by atoms with Crippen LogP contribution in [0.5, 0.6) is 0 Å². The molecule has 0 spiro atoms. The topological polar surface area (TPSA) is 9.23 Å². The molecule has 0 aromatic heterocycles. The zero-order chi connectivity index (χ0) is 90.9. The lowest BCUT2D eigenvalue weighted by Crippen LogP contribution is -2.47. The van der Waals surface area contributed by atoms with Crippen LogP contribution < -0.4 is 0 Å². The number of allylic oxidation sites excluding steroid dienone is 1. The molecule has 4 rings (SSSR count). The zero-order valence-electron chi connectivity index (χ0n) is 84.0. The fraction of sp³-hybridized carbons (Fsp3) is 0.733. The molecule has 0 aromatic rings. The van der Waals surface area contributed by atoms with Crippen LogP contribution in [0, 0.1) is 260 Å². The fourth-order valence-corrected chi connectivity index (χ4v) is 16.3.